The van der Waals surface area contributed by atoms with Gasteiger partial charge in [0, 0.05) is 109 Å². The first-order valence-electron chi connectivity index (χ1n) is 39.0. The van der Waals surface area contributed by atoms with E-state index in [1.165, 1.54) is 43.6 Å². The second kappa shape index (κ2) is 87.5. The van der Waals surface area contributed by atoms with Gasteiger partial charge >= 0.3 is 32.0 Å². The van der Waals surface area contributed by atoms with E-state index < -0.39 is 34.9 Å². The number of Topliss-reactive ketones (excluding diaryl/α,β-unsaturated/α-hetero) is 1. The Morgan fingerprint density at radius 1 is 0.392 bits per heavy atom. The van der Waals surface area contributed by atoms with Crippen LogP contribution in [-0.4, -0.2) is 255 Å². The van der Waals surface area contributed by atoms with E-state index in [9.17, 15) is 40.8 Å². The number of ether oxygens (including phenoxy) is 15. The highest BCUT2D eigenvalue weighted by atomic mass is 79.9. The highest BCUT2D eigenvalue weighted by Gasteiger charge is 2.19. The molecule has 0 atom stereocenters. The van der Waals surface area contributed by atoms with E-state index in [-0.39, 0.29) is 105 Å². The summed E-state index contributed by atoms with van der Waals surface area (Å²) < 4.78 is 135. The number of hydrogen-bond acceptors (Lipinski definition) is 26. The van der Waals surface area contributed by atoms with Crippen molar-refractivity contribution >= 4 is 109 Å². The molecule has 0 aromatic heterocycles. The molecule has 0 heterocycles. The highest BCUT2D eigenvalue weighted by Crippen LogP contribution is 2.17. The number of carbonyl (C=O) groups excluding carboxylic acids is 5. The number of alkyl halides is 1. The topological polar surface area (TPSA) is 333 Å². The number of esters is 4. The summed E-state index contributed by atoms with van der Waals surface area (Å²) in [5.41, 5.74) is 2.61. The average Bonchev–Trinajstić information content (AvgIpc) is 0.870. The molecule has 0 aliphatic rings. The van der Waals surface area contributed by atoms with Crippen LogP contribution in [0, 0.1) is 13.8 Å². The van der Waals surface area contributed by atoms with Crippen LogP contribution in [0.5, 0.6) is 0 Å². The van der Waals surface area contributed by atoms with Gasteiger partial charge in [0.1, 0.15) is 54.2 Å². The monoisotopic (exact) mass is 1850 g/mol. The SMILES string of the molecule is C.C.CC(C)(C)OC(=O)CBr.CC(C)(C)OC(=O)COCCCOCCO.CC(C)(C)OC(=O)COCCCOCCOCc1ccccc1.CCCOCCCOCC(=O)OC(C)(C)C.CCCOCCCOCC(C)=O.Cc1ccc(S(=O)(=O)Cl)cc1.Cc1ccc(S(=O)(=O)Cl)cc1.OCCCOCCOCc1ccccc1.[2H][B].[B]C.[B]F. The summed E-state index contributed by atoms with van der Waals surface area (Å²) in [7, 11) is 14.3. The number of carbonyl (C=O) groups is 5. The Morgan fingerprint density at radius 3 is 0.883 bits per heavy atom. The second-order valence-electron chi connectivity index (χ2n) is 28.2. The molecule has 0 aliphatic heterocycles. The normalized spacial score (nSPS) is 10.7. The summed E-state index contributed by atoms with van der Waals surface area (Å²) in [5, 5.41) is 17.2. The summed E-state index contributed by atoms with van der Waals surface area (Å²) in [4.78, 5) is 55.1. The largest absolute Gasteiger partial charge is 0.459 e. The number of aryl methyl sites for hydroxylation is 2. The summed E-state index contributed by atoms with van der Waals surface area (Å²) in [6.45, 7) is 44.0. The fourth-order valence-corrected chi connectivity index (χ4v) is 9.07. The maximum atomic E-state index is 11.4. The molecule has 4 rings (SSSR count). The van der Waals surface area contributed by atoms with Crippen LogP contribution in [0.3, 0.4) is 0 Å². The smallest absolute Gasteiger partial charge is 0.350 e. The van der Waals surface area contributed by atoms with Crippen LogP contribution < -0.4 is 0 Å². The fourth-order valence-electron chi connectivity index (χ4n) is 7.41. The zero-order chi connectivity index (χ0) is 92.3. The minimum atomic E-state index is -3.55. The van der Waals surface area contributed by atoms with Crippen LogP contribution in [0.2, 0.25) is 6.82 Å². The Morgan fingerprint density at radius 2 is 0.642 bits per heavy atom. The quantitative estimate of drug-likeness (QED) is 0.0104. The van der Waals surface area contributed by atoms with Crippen molar-refractivity contribution in [3.8, 4) is 0 Å². The third kappa shape index (κ3) is 109. The van der Waals surface area contributed by atoms with Crippen molar-refractivity contribution in [2.75, 3.05) is 151 Å². The average molecular weight is 1850 g/mol. The van der Waals surface area contributed by atoms with Gasteiger partial charge in [-0.1, -0.05) is 148 Å². The van der Waals surface area contributed by atoms with Gasteiger partial charge in [-0.05, 0) is 186 Å². The molecular formula is C85H147B3BrCl2FO26S2. The number of benzene rings is 4. The van der Waals surface area contributed by atoms with E-state index in [2.05, 4.69) is 54.1 Å². The van der Waals surface area contributed by atoms with Crippen molar-refractivity contribution in [1.29, 1.82) is 1.34 Å². The van der Waals surface area contributed by atoms with Gasteiger partial charge in [-0.25, -0.2) is 31.2 Å². The second-order valence-corrected chi connectivity index (χ2v) is 33.9. The van der Waals surface area contributed by atoms with Gasteiger partial charge in [0.15, 0.2) is 5.78 Å². The maximum absolute atomic E-state index is 11.4. The summed E-state index contributed by atoms with van der Waals surface area (Å²) in [6, 6.07) is 32.8. The molecule has 0 unspecified atom stereocenters. The minimum absolute atomic E-state index is 0. The molecule has 0 saturated carbocycles. The van der Waals surface area contributed by atoms with E-state index in [0.29, 0.717) is 112 Å². The molecule has 0 saturated heterocycles. The molecule has 35 heteroatoms. The number of aliphatic hydroxyl groups is 2. The predicted octanol–water partition coefficient (Wildman–Crippen LogP) is 15.3. The van der Waals surface area contributed by atoms with Crippen LogP contribution in [0.4, 0.5) is 4.32 Å². The molecule has 26 nitrogen and oxygen atoms in total. The molecule has 0 aliphatic carbocycles. The third-order valence-corrected chi connectivity index (χ3v) is 15.2. The lowest BCUT2D eigenvalue weighted by Gasteiger charge is -2.19. The third-order valence-electron chi connectivity index (χ3n) is 12.0. The standard InChI is InChI=1S/C18H28O5.C12H24O4.C12H18O3.C11H22O5.C9H18O3.2C7H7ClO2S.C6H11BrO2.CH3B.2CH4.BF.BH/c1-18(2,3)23-17(19)15-21-11-7-10-20-12-13-22-14-16-8-5-4-6-9-16;1-5-7-14-8-6-9-15-10-11(13)16-12(2,3)4;13-7-4-8-14-9-10-15-11-12-5-2-1-3-6-12;1-11(2,3)16-10(13)9-15-7-4-6-14-8-5-12;1-3-5-11-6-4-7-12-8-9(2)10;2*1-6-2-4-7(5-3-6)11(8,9)10;1-6(2,3)9-5(8)4-7;1-2;;;1-2;/h4-6,8-9H,7,10-15H2,1-3H3;5-10H2,1-4H3;1-3,5-6,13H,4,7-11H2;12H,4-9H2,1-3H3;3-8H2,1-2H3;2*2-5H,1H3;4H2,1-3H3;1H3;2*1H4;;1H/i;;;;;;;;;;;;1D. The molecule has 2 N–H and O–H groups in total. The van der Waals surface area contributed by atoms with Crippen molar-refractivity contribution < 1.29 is 126 Å². The number of ketones is 1. The minimum Gasteiger partial charge on any atom is -0.459 e. The first-order chi connectivity index (χ1) is 56.0. The fraction of sp³-hybridized carbons (Fsp3) is 0.659. The van der Waals surface area contributed by atoms with Crippen molar-refractivity contribution in [2.24, 2.45) is 0 Å². The van der Waals surface area contributed by atoms with Gasteiger partial charge in [-0.15, -0.1) is 0 Å². The number of aliphatic hydroxyl groups excluding tert-OH is 2. The molecule has 0 bridgehead atoms. The zero-order valence-corrected chi connectivity index (χ0v) is 78.0. The van der Waals surface area contributed by atoms with Crippen LogP contribution in [0.15, 0.2) is 119 Å². The van der Waals surface area contributed by atoms with Gasteiger partial charge in [0.2, 0.25) is 0 Å². The highest BCUT2D eigenvalue weighted by molar-refractivity contribution is 9.09. The lowest BCUT2D eigenvalue weighted by Crippen LogP contribution is -2.26. The Labute approximate surface area is 744 Å². The van der Waals surface area contributed by atoms with E-state index >= 15 is 0 Å². The molecule has 0 fully saturated rings. The first-order valence-corrected chi connectivity index (χ1v) is 44.2. The number of rotatable bonds is 46. The molecule has 0 amide bonds. The Bertz CT molecular complexity index is 3090. The van der Waals surface area contributed by atoms with Crippen LogP contribution in [0.1, 0.15) is 186 Å². The van der Waals surface area contributed by atoms with Gasteiger partial charge in [0.05, 0.1) is 70.5 Å². The van der Waals surface area contributed by atoms with Crippen molar-refractivity contribution in [3.63, 3.8) is 0 Å². The molecule has 120 heavy (non-hydrogen) atoms. The van der Waals surface area contributed by atoms with Gasteiger partial charge in [0.25, 0.3) is 18.1 Å². The molecule has 692 valence electrons. The van der Waals surface area contributed by atoms with Crippen molar-refractivity contribution in [3.05, 3.63) is 131 Å². The number of halogens is 4. The first kappa shape index (κ1) is 131. The zero-order valence-electron chi connectivity index (χ0n) is 74.3. The Kier molecular flexibility index (Phi) is 95.1. The van der Waals surface area contributed by atoms with Crippen LogP contribution in [0.25, 0.3) is 0 Å². The van der Waals surface area contributed by atoms with E-state index in [1.54, 1.807) is 24.3 Å². The molecule has 4 aromatic rings. The van der Waals surface area contributed by atoms with Crippen molar-refractivity contribution in [2.45, 2.75) is 230 Å². The molecule has 4 aromatic carbocycles. The van der Waals surface area contributed by atoms with Gasteiger partial charge in [-0.2, -0.15) is 0 Å². The van der Waals surface area contributed by atoms with E-state index in [0.717, 1.165) is 68.6 Å². The summed E-state index contributed by atoms with van der Waals surface area (Å²) in [6.07, 6.45) is 5.88. The number of hydrogen-bond donors (Lipinski definition) is 2. The van der Waals surface area contributed by atoms with Crippen molar-refractivity contribution in [1.82, 2.24) is 0 Å². The van der Waals surface area contributed by atoms with E-state index in [1.807, 2.05) is 158 Å². The lowest BCUT2D eigenvalue weighted by molar-refractivity contribution is -0.161. The van der Waals surface area contributed by atoms with Crippen LogP contribution in [-0.2, 0) is 126 Å². The predicted molar refractivity (Wildman–Crippen MR) is 483 cm³/mol. The summed E-state index contributed by atoms with van der Waals surface area (Å²) >= 11 is 2.99. The van der Waals surface area contributed by atoms with E-state index in [4.69, 9.17) is 108 Å². The lowest BCUT2D eigenvalue weighted by atomic mass is 10.2. The molecule has 6 radical (unpaired) electrons. The molecular weight excluding hydrogens is 1700 g/mol. The van der Waals surface area contributed by atoms with Crippen LogP contribution >= 0.6 is 37.3 Å². The molecule has 0 spiro atoms. The Hall–Kier alpha value is -5.01. The van der Waals surface area contributed by atoms with Gasteiger partial charge in [-0.3, -0.25) is 9.59 Å². The van der Waals surface area contributed by atoms with Gasteiger partial charge < -0.3 is 85.6 Å². The Balaban J connectivity index is -0.000000170. The summed E-state index contributed by atoms with van der Waals surface area (Å²) in [5.74, 6) is -1.16. The maximum Gasteiger partial charge on any atom is 0.350 e.